The third kappa shape index (κ3) is 2.50. The van der Waals surface area contributed by atoms with Crippen LogP contribution in [0.15, 0.2) is 24.3 Å². The van der Waals surface area contributed by atoms with Crippen molar-refractivity contribution >= 4 is 11.6 Å². The highest BCUT2D eigenvalue weighted by atomic mass is 35.5. The molecule has 88 valence electrons. The summed E-state index contributed by atoms with van der Waals surface area (Å²) in [4.78, 5) is 1.43. The van der Waals surface area contributed by atoms with Gasteiger partial charge in [-0.05, 0) is 24.1 Å². The topological polar surface area (TPSA) is 3.24 Å². The van der Waals surface area contributed by atoms with Crippen molar-refractivity contribution < 1.29 is 13.2 Å². The Morgan fingerprint density at radius 2 is 1.88 bits per heavy atom. The van der Waals surface area contributed by atoms with Gasteiger partial charge in [0.15, 0.2) is 0 Å². The van der Waals surface area contributed by atoms with E-state index in [2.05, 4.69) is 0 Å². The number of halogens is 4. The molecule has 1 unspecified atom stereocenters. The van der Waals surface area contributed by atoms with Crippen LogP contribution in [0.3, 0.4) is 0 Å². The minimum atomic E-state index is -4.11. The van der Waals surface area contributed by atoms with Crippen molar-refractivity contribution in [2.45, 2.75) is 25.2 Å². The lowest BCUT2D eigenvalue weighted by molar-refractivity contribution is -0.212. The maximum atomic E-state index is 12.5. The Morgan fingerprint density at radius 3 is 2.31 bits per heavy atom. The molecule has 1 atom stereocenters. The second-order valence-corrected chi connectivity index (χ2v) is 4.38. The molecular weight excluding hydrogens is 239 g/mol. The molecule has 0 N–H and O–H groups in total. The van der Waals surface area contributed by atoms with E-state index in [1.165, 1.54) is 4.90 Å². The van der Waals surface area contributed by atoms with E-state index in [0.29, 0.717) is 18.1 Å². The fraction of sp³-hybridized carbons (Fsp3) is 0.455. The number of hydrogen-bond acceptors (Lipinski definition) is 1. The van der Waals surface area contributed by atoms with Gasteiger partial charge in [-0.15, -0.1) is 0 Å². The molecule has 5 heteroatoms. The van der Waals surface area contributed by atoms with E-state index in [1.807, 2.05) is 0 Å². The molecule has 0 spiro atoms. The highest BCUT2D eigenvalue weighted by molar-refractivity contribution is 6.30. The van der Waals surface area contributed by atoms with Gasteiger partial charge in [-0.1, -0.05) is 23.7 Å². The van der Waals surface area contributed by atoms with Crippen LogP contribution in [0.5, 0.6) is 0 Å². The summed E-state index contributed by atoms with van der Waals surface area (Å²) in [5.41, 5.74) is 0.860. The molecule has 0 aromatic heterocycles. The molecule has 1 fully saturated rings. The normalized spacial score (nSPS) is 21.9. The van der Waals surface area contributed by atoms with Gasteiger partial charge in [0.05, 0.1) is 0 Å². The van der Waals surface area contributed by atoms with E-state index in [-0.39, 0.29) is 6.42 Å². The van der Waals surface area contributed by atoms with E-state index in [0.717, 1.165) is 5.56 Å². The zero-order valence-corrected chi connectivity index (χ0v) is 9.22. The Bertz CT molecular complexity index is 360. The first kappa shape index (κ1) is 11.7. The number of rotatable bonds is 2. The van der Waals surface area contributed by atoms with Gasteiger partial charge in [-0.2, -0.15) is 13.2 Å². The summed E-state index contributed by atoms with van der Waals surface area (Å²) in [5, 5.41) is 0.597. The Labute approximate surface area is 96.8 Å². The van der Waals surface area contributed by atoms with Crippen LogP contribution in [0, 0.1) is 0 Å². The van der Waals surface area contributed by atoms with Gasteiger partial charge in [-0.25, -0.2) is 0 Å². The quantitative estimate of drug-likeness (QED) is 0.776. The largest absolute Gasteiger partial charge is 0.404 e. The minimum absolute atomic E-state index is 0.205. The van der Waals surface area contributed by atoms with E-state index in [1.54, 1.807) is 24.3 Å². The highest BCUT2D eigenvalue weighted by Crippen LogP contribution is 2.34. The van der Waals surface area contributed by atoms with Crippen molar-refractivity contribution in [3.63, 3.8) is 0 Å². The van der Waals surface area contributed by atoms with Gasteiger partial charge < -0.3 is 0 Å². The lowest BCUT2D eigenvalue weighted by Gasteiger charge is -2.41. The fourth-order valence-corrected chi connectivity index (χ4v) is 1.95. The molecule has 2 rings (SSSR count). The molecular formula is C11H11ClF3N. The standard InChI is InChI=1S/C11H11ClF3N/c12-9-3-1-8(2-4-9)7-16-6-5-10(16)11(13,14)15/h1-4,10H,5-7H2. The SMILES string of the molecule is FC(F)(F)C1CCN1Cc1ccc(Cl)cc1. The van der Waals surface area contributed by atoms with E-state index in [4.69, 9.17) is 11.6 Å². The first-order valence-electron chi connectivity index (χ1n) is 5.02. The van der Waals surface area contributed by atoms with Crippen LogP contribution in [-0.2, 0) is 6.54 Å². The number of nitrogens with zero attached hydrogens (tertiary/aromatic N) is 1. The van der Waals surface area contributed by atoms with Crippen LogP contribution in [0.25, 0.3) is 0 Å². The number of hydrogen-bond donors (Lipinski definition) is 0. The number of benzene rings is 1. The summed E-state index contributed by atoms with van der Waals surface area (Å²) in [6.07, 6.45) is -3.90. The lowest BCUT2D eigenvalue weighted by Crippen LogP contribution is -2.55. The molecule has 16 heavy (non-hydrogen) atoms. The maximum absolute atomic E-state index is 12.5. The number of alkyl halides is 3. The monoisotopic (exact) mass is 249 g/mol. The van der Waals surface area contributed by atoms with Crippen LogP contribution in [0.4, 0.5) is 13.2 Å². The average molecular weight is 250 g/mol. The van der Waals surface area contributed by atoms with Crippen molar-refractivity contribution in [2.75, 3.05) is 6.54 Å². The van der Waals surface area contributed by atoms with Crippen molar-refractivity contribution in [1.82, 2.24) is 4.90 Å². The van der Waals surface area contributed by atoms with Crippen molar-refractivity contribution in [2.24, 2.45) is 0 Å². The van der Waals surface area contributed by atoms with E-state index in [9.17, 15) is 13.2 Å². The second kappa shape index (κ2) is 4.26. The molecule has 0 amide bonds. The third-order valence-electron chi connectivity index (χ3n) is 2.81. The van der Waals surface area contributed by atoms with Gasteiger partial charge in [0.2, 0.25) is 0 Å². The summed E-state index contributed by atoms with van der Waals surface area (Å²) in [7, 11) is 0. The molecule has 1 aromatic carbocycles. The first-order chi connectivity index (χ1) is 7.47. The predicted octanol–water partition coefficient (Wildman–Crippen LogP) is 3.48. The first-order valence-corrected chi connectivity index (χ1v) is 5.40. The van der Waals surface area contributed by atoms with Crippen molar-refractivity contribution in [1.29, 1.82) is 0 Å². The van der Waals surface area contributed by atoms with Crippen LogP contribution >= 0.6 is 11.6 Å². The Hall–Kier alpha value is -0.740. The summed E-state index contributed by atoms with van der Waals surface area (Å²) >= 11 is 5.70. The van der Waals surface area contributed by atoms with Gasteiger partial charge >= 0.3 is 6.18 Å². The molecule has 1 saturated heterocycles. The van der Waals surface area contributed by atoms with Crippen molar-refractivity contribution in [3.8, 4) is 0 Å². The predicted molar refractivity (Wildman–Crippen MR) is 56.3 cm³/mol. The van der Waals surface area contributed by atoms with Crippen molar-refractivity contribution in [3.05, 3.63) is 34.9 Å². The molecule has 1 aliphatic heterocycles. The van der Waals surface area contributed by atoms with Crippen LogP contribution < -0.4 is 0 Å². The second-order valence-electron chi connectivity index (χ2n) is 3.94. The molecule has 1 aliphatic rings. The molecule has 1 aromatic rings. The maximum Gasteiger partial charge on any atom is 0.404 e. The fourth-order valence-electron chi connectivity index (χ4n) is 1.83. The minimum Gasteiger partial charge on any atom is -0.288 e. The summed E-state index contributed by atoms with van der Waals surface area (Å²) in [6.45, 7) is 0.841. The van der Waals surface area contributed by atoms with Crippen LogP contribution in [0.1, 0.15) is 12.0 Å². The summed E-state index contributed by atoms with van der Waals surface area (Å²) in [5.74, 6) is 0. The molecule has 0 saturated carbocycles. The summed E-state index contributed by atoms with van der Waals surface area (Å²) in [6, 6.07) is 5.63. The number of likely N-dealkylation sites (tertiary alicyclic amines) is 1. The zero-order chi connectivity index (χ0) is 11.8. The van der Waals surface area contributed by atoms with Gasteiger partial charge in [-0.3, -0.25) is 4.90 Å². The highest BCUT2D eigenvalue weighted by Gasteiger charge is 2.48. The Morgan fingerprint density at radius 1 is 1.25 bits per heavy atom. The third-order valence-corrected chi connectivity index (χ3v) is 3.06. The van der Waals surface area contributed by atoms with E-state index >= 15 is 0 Å². The average Bonchev–Trinajstić information content (AvgIpc) is 2.12. The Kier molecular flexibility index (Phi) is 3.13. The van der Waals surface area contributed by atoms with Gasteiger partial charge in [0.25, 0.3) is 0 Å². The molecule has 0 bridgehead atoms. The molecule has 0 radical (unpaired) electrons. The summed E-state index contributed by atoms with van der Waals surface area (Å²) < 4.78 is 37.4. The van der Waals surface area contributed by atoms with Gasteiger partial charge in [0, 0.05) is 18.1 Å². The smallest absolute Gasteiger partial charge is 0.288 e. The lowest BCUT2D eigenvalue weighted by atomic mass is 10.0. The Balaban J connectivity index is 1.98. The van der Waals surface area contributed by atoms with Crippen LogP contribution in [-0.4, -0.2) is 23.7 Å². The molecule has 1 nitrogen and oxygen atoms in total. The molecule has 0 aliphatic carbocycles. The van der Waals surface area contributed by atoms with Gasteiger partial charge in [0.1, 0.15) is 6.04 Å². The zero-order valence-electron chi connectivity index (χ0n) is 8.47. The van der Waals surface area contributed by atoms with E-state index < -0.39 is 12.2 Å². The van der Waals surface area contributed by atoms with Crippen LogP contribution in [0.2, 0.25) is 5.02 Å². The molecule has 1 heterocycles.